The summed E-state index contributed by atoms with van der Waals surface area (Å²) in [6.07, 6.45) is 1.43. The number of nitrogens with zero attached hydrogens (tertiary/aromatic N) is 1. The largest absolute Gasteiger partial charge is 0.478 e. The van der Waals surface area contributed by atoms with E-state index in [9.17, 15) is 9.59 Å². The fourth-order valence-electron chi connectivity index (χ4n) is 2.53. The Morgan fingerprint density at radius 3 is 2.89 bits per heavy atom. The minimum Gasteiger partial charge on any atom is -0.478 e. The van der Waals surface area contributed by atoms with Gasteiger partial charge in [0.25, 0.3) is 0 Å². The molecule has 0 aromatic carbocycles. The molecule has 1 atom stereocenters. The summed E-state index contributed by atoms with van der Waals surface area (Å²) < 4.78 is 5.47. The molecule has 5 heteroatoms. The molecule has 0 radical (unpaired) electrons. The van der Waals surface area contributed by atoms with Crippen LogP contribution in [0.1, 0.15) is 41.6 Å². The first-order valence-corrected chi connectivity index (χ1v) is 6.59. The molecule has 0 bridgehead atoms. The SMILES string of the molecule is CCC1CN(Cc2cc(C(=O)O)c(C)o2)CCC1=O. The second-order valence-corrected chi connectivity index (χ2v) is 5.04. The first-order chi connectivity index (χ1) is 9.01. The molecule has 1 fully saturated rings. The van der Waals surface area contributed by atoms with Crippen LogP contribution in [0.5, 0.6) is 0 Å². The monoisotopic (exact) mass is 265 g/mol. The lowest BCUT2D eigenvalue weighted by Crippen LogP contribution is -2.39. The van der Waals surface area contributed by atoms with E-state index in [4.69, 9.17) is 9.52 Å². The van der Waals surface area contributed by atoms with Crippen molar-refractivity contribution >= 4 is 11.8 Å². The van der Waals surface area contributed by atoms with Gasteiger partial charge in [-0.3, -0.25) is 9.69 Å². The van der Waals surface area contributed by atoms with Gasteiger partial charge in [0.2, 0.25) is 0 Å². The Balaban J connectivity index is 2.03. The summed E-state index contributed by atoms with van der Waals surface area (Å²) in [4.78, 5) is 24.7. The zero-order valence-corrected chi connectivity index (χ0v) is 11.3. The minimum absolute atomic E-state index is 0.101. The van der Waals surface area contributed by atoms with Gasteiger partial charge in [-0.05, 0) is 19.4 Å². The number of carboxylic acid groups (broad SMARTS) is 1. The first-order valence-electron chi connectivity index (χ1n) is 6.59. The minimum atomic E-state index is -0.965. The van der Waals surface area contributed by atoms with Gasteiger partial charge in [-0.25, -0.2) is 4.79 Å². The molecule has 1 aliphatic rings. The van der Waals surface area contributed by atoms with Crippen LogP contribution in [-0.4, -0.2) is 34.8 Å². The Hall–Kier alpha value is -1.62. The number of furan rings is 1. The highest BCUT2D eigenvalue weighted by Gasteiger charge is 2.26. The molecular weight excluding hydrogens is 246 g/mol. The van der Waals surface area contributed by atoms with Crippen molar-refractivity contribution in [2.24, 2.45) is 5.92 Å². The van der Waals surface area contributed by atoms with Crippen LogP contribution in [0.3, 0.4) is 0 Å². The summed E-state index contributed by atoms with van der Waals surface area (Å²) in [5.41, 5.74) is 0.218. The van der Waals surface area contributed by atoms with Crippen molar-refractivity contribution in [2.45, 2.75) is 33.2 Å². The molecule has 1 aromatic rings. The number of carbonyl (C=O) groups is 2. The predicted molar refractivity (Wildman–Crippen MR) is 69.1 cm³/mol. The summed E-state index contributed by atoms with van der Waals surface area (Å²) >= 11 is 0. The summed E-state index contributed by atoms with van der Waals surface area (Å²) in [5, 5.41) is 8.98. The molecule has 0 spiro atoms. The van der Waals surface area contributed by atoms with Crippen molar-refractivity contribution in [2.75, 3.05) is 13.1 Å². The van der Waals surface area contributed by atoms with Crippen LogP contribution in [0.25, 0.3) is 0 Å². The maximum Gasteiger partial charge on any atom is 0.339 e. The predicted octanol–water partition coefficient (Wildman–Crippen LogP) is 2.09. The van der Waals surface area contributed by atoms with Crippen molar-refractivity contribution in [1.82, 2.24) is 4.90 Å². The Labute approximate surface area is 112 Å². The number of carboxylic acids is 1. The van der Waals surface area contributed by atoms with Gasteiger partial charge in [0.15, 0.2) is 0 Å². The van der Waals surface area contributed by atoms with E-state index in [-0.39, 0.29) is 11.5 Å². The fraction of sp³-hybridized carbons (Fsp3) is 0.571. The lowest BCUT2D eigenvalue weighted by molar-refractivity contribution is -0.126. The molecule has 1 saturated heterocycles. The van der Waals surface area contributed by atoms with Crippen molar-refractivity contribution in [1.29, 1.82) is 0 Å². The molecule has 1 unspecified atom stereocenters. The third-order valence-electron chi connectivity index (χ3n) is 3.68. The smallest absolute Gasteiger partial charge is 0.339 e. The van der Waals surface area contributed by atoms with Crippen molar-refractivity contribution in [3.05, 3.63) is 23.2 Å². The first kappa shape index (κ1) is 13.8. The fourth-order valence-corrected chi connectivity index (χ4v) is 2.53. The molecule has 0 amide bonds. The van der Waals surface area contributed by atoms with Crippen LogP contribution in [-0.2, 0) is 11.3 Å². The number of piperidine rings is 1. The van der Waals surface area contributed by atoms with Gasteiger partial charge in [-0.2, -0.15) is 0 Å². The Morgan fingerprint density at radius 1 is 1.58 bits per heavy atom. The number of likely N-dealkylation sites (tertiary alicyclic amines) is 1. The van der Waals surface area contributed by atoms with E-state index in [0.29, 0.717) is 30.3 Å². The van der Waals surface area contributed by atoms with E-state index in [1.807, 2.05) is 6.92 Å². The van der Waals surface area contributed by atoms with Gasteiger partial charge in [0.05, 0.1) is 6.54 Å². The molecule has 1 aliphatic heterocycles. The van der Waals surface area contributed by atoms with E-state index in [0.717, 1.165) is 19.5 Å². The van der Waals surface area contributed by atoms with Crippen molar-refractivity contribution < 1.29 is 19.1 Å². The standard InChI is InChI=1S/C14H19NO4/c1-3-10-7-15(5-4-13(10)16)8-11-6-12(14(17)18)9(2)19-11/h6,10H,3-5,7-8H2,1-2H3,(H,17,18). The summed E-state index contributed by atoms with van der Waals surface area (Å²) in [7, 11) is 0. The third-order valence-corrected chi connectivity index (χ3v) is 3.68. The lowest BCUT2D eigenvalue weighted by atomic mass is 9.94. The number of carbonyl (C=O) groups excluding carboxylic acids is 1. The van der Waals surface area contributed by atoms with Crippen LogP contribution in [0.2, 0.25) is 0 Å². The van der Waals surface area contributed by atoms with E-state index < -0.39 is 5.97 Å². The van der Waals surface area contributed by atoms with Crippen LogP contribution < -0.4 is 0 Å². The second-order valence-electron chi connectivity index (χ2n) is 5.04. The lowest BCUT2D eigenvalue weighted by Gasteiger charge is -2.30. The van der Waals surface area contributed by atoms with Crippen LogP contribution in [0, 0.1) is 12.8 Å². The van der Waals surface area contributed by atoms with Crippen LogP contribution in [0.15, 0.2) is 10.5 Å². The topological polar surface area (TPSA) is 70.8 Å². The highest BCUT2D eigenvalue weighted by Crippen LogP contribution is 2.21. The van der Waals surface area contributed by atoms with E-state index in [1.165, 1.54) is 0 Å². The molecule has 19 heavy (non-hydrogen) atoms. The number of hydrogen-bond acceptors (Lipinski definition) is 4. The maximum atomic E-state index is 11.6. The van der Waals surface area contributed by atoms with Crippen LogP contribution >= 0.6 is 0 Å². The zero-order valence-electron chi connectivity index (χ0n) is 11.3. The van der Waals surface area contributed by atoms with Gasteiger partial charge in [0, 0.05) is 25.4 Å². The number of hydrogen-bond donors (Lipinski definition) is 1. The van der Waals surface area contributed by atoms with Gasteiger partial charge in [-0.1, -0.05) is 6.92 Å². The molecule has 2 rings (SSSR count). The van der Waals surface area contributed by atoms with Gasteiger partial charge in [0.1, 0.15) is 22.9 Å². The Bertz CT molecular complexity index is 492. The Morgan fingerprint density at radius 2 is 2.32 bits per heavy atom. The van der Waals surface area contributed by atoms with E-state index >= 15 is 0 Å². The third kappa shape index (κ3) is 3.04. The molecule has 0 aliphatic carbocycles. The number of aryl methyl sites for hydroxylation is 1. The summed E-state index contributed by atoms with van der Waals surface area (Å²) in [6, 6.07) is 1.58. The van der Waals surface area contributed by atoms with Gasteiger partial charge < -0.3 is 9.52 Å². The van der Waals surface area contributed by atoms with E-state index in [1.54, 1.807) is 13.0 Å². The average molecular weight is 265 g/mol. The highest BCUT2D eigenvalue weighted by atomic mass is 16.4. The highest BCUT2D eigenvalue weighted by molar-refractivity contribution is 5.88. The Kier molecular flexibility index (Phi) is 4.04. The number of rotatable bonds is 4. The molecule has 0 saturated carbocycles. The van der Waals surface area contributed by atoms with Gasteiger partial charge >= 0.3 is 5.97 Å². The second kappa shape index (κ2) is 5.57. The summed E-state index contributed by atoms with van der Waals surface area (Å²) in [6.45, 7) is 5.69. The summed E-state index contributed by atoms with van der Waals surface area (Å²) in [5.74, 6) is 0.554. The number of aromatic carboxylic acids is 1. The molecule has 1 aromatic heterocycles. The quantitative estimate of drug-likeness (QED) is 0.902. The van der Waals surface area contributed by atoms with Crippen molar-refractivity contribution in [3.63, 3.8) is 0 Å². The van der Waals surface area contributed by atoms with Crippen molar-refractivity contribution in [3.8, 4) is 0 Å². The number of Topliss-reactive ketones (excluding diaryl/α,β-unsaturated/α-hetero) is 1. The maximum absolute atomic E-state index is 11.6. The van der Waals surface area contributed by atoms with E-state index in [2.05, 4.69) is 4.90 Å². The normalized spacial score (nSPS) is 20.7. The average Bonchev–Trinajstić information content (AvgIpc) is 2.73. The molecule has 104 valence electrons. The molecular formula is C14H19NO4. The molecule has 2 heterocycles. The number of ketones is 1. The van der Waals surface area contributed by atoms with Gasteiger partial charge in [-0.15, -0.1) is 0 Å². The molecule has 1 N–H and O–H groups in total. The molecule has 5 nitrogen and oxygen atoms in total. The zero-order chi connectivity index (χ0) is 14.0. The van der Waals surface area contributed by atoms with Crippen LogP contribution in [0.4, 0.5) is 0 Å².